The van der Waals surface area contributed by atoms with Crippen molar-refractivity contribution < 1.29 is 19.0 Å². The van der Waals surface area contributed by atoms with Crippen LogP contribution in [0.2, 0.25) is 0 Å². The summed E-state index contributed by atoms with van der Waals surface area (Å²) in [5.74, 6) is 0.274. The maximum atomic E-state index is 11.4. The van der Waals surface area contributed by atoms with Gasteiger partial charge in [-0.3, -0.25) is 4.68 Å². The maximum Gasteiger partial charge on any atom is 0.511 e. The maximum absolute atomic E-state index is 11.4. The molecule has 0 bridgehead atoms. The number of hydrogen-bond acceptors (Lipinski definition) is 6. The molecule has 2 aromatic rings. The van der Waals surface area contributed by atoms with Gasteiger partial charge in [0.1, 0.15) is 17.3 Å². The molecule has 29 heavy (non-hydrogen) atoms. The van der Waals surface area contributed by atoms with E-state index >= 15 is 0 Å². The molecule has 1 heterocycles. The number of aromatic nitrogens is 2. The van der Waals surface area contributed by atoms with E-state index in [1.165, 1.54) is 7.11 Å². The van der Waals surface area contributed by atoms with Gasteiger partial charge in [0.15, 0.2) is 5.76 Å². The highest BCUT2D eigenvalue weighted by atomic mass is 16.8. The summed E-state index contributed by atoms with van der Waals surface area (Å²) < 4.78 is 17.1. The summed E-state index contributed by atoms with van der Waals surface area (Å²) in [6.45, 7) is 9.78. The number of carbonyl (C=O) groups excluding carboxylic acids is 1. The van der Waals surface area contributed by atoms with E-state index in [-0.39, 0.29) is 11.2 Å². The van der Waals surface area contributed by atoms with Gasteiger partial charge in [0.05, 0.1) is 12.8 Å². The van der Waals surface area contributed by atoms with Gasteiger partial charge in [-0.1, -0.05) is 45.0 Å². The lowest BCUT2D eigenvalue weighted by molar-refractivity contribution is -0.0619. The van der Waals surface area contributed by atoms with Crippen LogP contribution in [0.15, 0.2) is 30.3 Å². The van der Waals surface area contributed by atoms with Gasteiger partial charge in [-0.15, -0.1) is 0 Å². The summed E-state index contributed by atoms with van der Waals surface area (Å²) in [5, 5.41) is 14.3. The lowest BCUT2D eigenvalue weighted by Crippen LogP contribution is -2.19. The van der Waals surface area contributed by atoms with E-state index in [0.29, 0.717) is 16.8 Å². The van der Waals surface area contributed by atoms with Crippen molar-refractivity contribution in [3.63, 3.8) is 0 Å². The molecule has 0 aliphatic carbocycles. The Morgan fingerprint density at radius 3 is 2.28 bits per heavy atom. The average molecular weight is 397 g/mol. The van der Waals surface area contributed by atoms with Crippen LogP contribution in [0, 0.1) is 18.3 Å². The van der Waals surface area contributed by atoms with Gasteiger partial charge in [-0.25, -0.2) is 4.79 Å². The molecule has 0 N–H and O–H groups in total. The highest BCUT2D eigenvalue weighted by Gasteiger charge is 2.22. The molecular weight excluding hydrogens is 370 g/mol. The predicted molar refractivity (Wildman–Crippen MR) is 110 cm³/mol. The van der Waals surface area contributed by atoms with Gasteiger partial charge in [0.25, 0.3) is 0 Å². The Hall–Kier alpha value is -3.27. The summed E-state index contributed by atoms with van der Waals surface area (Å²) in [6, 6.07) is 11.8. The zero-order chi connectivity index (χ0) is 21.8. The SMILES string of the molecule is COC(=O)OC(C)O/C(=C(/C#N)c1ccc(C(C)(C)C)cc1)c1cc(C)nn1C. The van der Waals surface area contributed by atoms with E-state index < -0.39 is 12.4 Å². The quantitative estimate of drug-likeness (QED) is 0.318. The summed E-state index contributed by atoms with van der Waals surface area (Å²) in [7, 11) is 2.98. The molecule has 0 fully saturated rings. The number of hydrogen-bond donors (Lipinski definition) is 0. The van der Waals surface area contributed by atoms with Gasteiger partial charge in [-0.2, -0.15) is 10.4 Å². The van der Waals surface area contributed by atoms with E-state index in [1.807, 2.05) is 31.2 Å². The first-order chi connectivity index (χ1) is 13.6. The van der Waals surface area contributed by atoms with Crippen LogP contribution in [-0.4, -0.2) is 29.3 Å². The number of nitrogens with zero attached hydrogens (tertiary/aromatic N) is 3. The molecule has 0 aliphatic rings. The second-order valence-corrected chi connectivity index (χ2v) is 7.70. The predicted octanol–water partition coefficient (Wildman–Crippen LogP) is 4.56. The molecular formula is C22H27N3O4. The molecule has 0 saturated heterocycles. The first-order valence-electron chi connectivity index (χ1n) is 9.24. The monoisotopic (exact) mass is 397 g/mol. The van der Waals surface area contributed by atoms with Crippen LogP contribution in [0.25, 0.3) is 11.3 Å². The van der Waals surface area contributed by atoms with Crippen molar-refractivity contribution in [1.29, 1.82) is 5.26 Å². The minimum absolute atomic E-state index is 0.00357. The summed E-state index contributed by atoms with van der Waals surface area (Å²) in [5.41, 5.74) is 3.52. The normalized spacial score (nSPS) is 13.2. The molecule has 1 unspecified atom stereocenters. The second-order valence-electron chi connectivity index (χ2n) is 7.70. The van der Waals surface area contributed by atoms with E-state index in [9.17, 15) is 10.1 Å². The number of aryl methyl sites for hydroxylation is 2. The third-order valence-corrected chi connectivity index (χ3v) is 4.33. The van der Waals surface area contributed by atoms with Gasteiger partial charge >= 0.3 is 6.16 Å². The van der Waals surface area contributed by atoms with Crippen LogP contribution in [0.3, 0.4) is 0 Å². The Bertz CT molecular complexity index is 944. The van der Waals surface area contributed by atoms with Crippen LogP contribution >= 0.6 is 0 Å². The Morgan fingerprint density at radius 1 is 1.21 bits per heavy atom. The highest BCUT2D eigenvalue weighted by Crippen LogP contribution is 2.30. The molecule has 0 aliphatic heterocycles. The fraction of sp³-hybridized carbons (Fsp3) is 0.409. The number of nitriles is 1. The van der Waals surface area contributed by atoms with Crippen molar-refractivity contribution in [3.8, 4) is 6.07 Å². The number of ether oxygens (including phenoxy) is 3. The third kappa shape index (κ3) is 5.38. The summed E-state index contributed by atoms with van der Waals surface area (Å²) in [4.78, 5) is 11.4. The molecule has 0 saturated carbocycles. The Balaban J connectivity index is 2.56. The van der Waals surface area contributed by atoms with Gasteiger partial charge in [0.2, 0.25) is 6.29 Å². The number of carbonyl (C=O) groups is 1. The van der Waals surface area contributed by atoms with Crippen LogP contribution in [0.1, 0.15) is 50.2 Å². The molecule has 0 amide bonds. The molecule has 7 nitrogen and oxygen atoms in total. The van der Waals surface area contributed by atoms with Crippen molar-refractivity contribution in [1.82, 2.24) is 9.78 Å². The minimum Gasteiger partial charge on any atom is -0.451 e. The summed E-state index contributed by atoms with van der Waals surface area (Å²) in [6.07, 6.45) is -1.84. The Labute approximate surface area is 171 Å². The number of methoxy groups -OCH3 is 1. The lowest BCUT2D eigenvalue weighted by atomic mass is 9.86. The van der Waals surface area contributed by atoms with E-state index in [0.717, 1.165) is 11.3 Å². The van der Waals surface area contributed by atoms with Crippen molar-refractivity contribution in [2.24, 2.45) is 7.05 Å². The van der Waals surface area contributed by atoms with Crippen molar-refractivity contribution >= 4 is 17.5 Å². The van der Waals surface area contributed by atoms with Crippen molar-refractivity contribution in [2.45, 2.75) is 46.3 Å². The first-order valence-corrected chi connectivity index (χ1v) is 9.24. The fourth-order valence-electron chi connectivity index (χ4n) is 2.83. The summed E-state index contributed by atoms with van der Waals surface area (Å²) >= 11 is 0. The van der Waals surface area contributed by atoms with Gasteiger partial charge in [0, 0.05) is 14.0 Å². The van der Waals surface area contributed by atoms with Crippen molar-refractivity contribution in [2.75, 3.05) is 7.11 Å². The molecule has 0 spiro atoms. The lowest BCUT2D eigenvalue weighted by Gasteiger charge is -2.20. The second kappa shape index (κ2) is 8.82. The van der Waals surface area contributed by atoms with Crippen LogP contribution in [0.5, 0.6) is 0 Å². The Kier molecular flexibility index (Phi) is 6.70. The zero-order valence-corrected chi connectivity index (χ0v) is 17.9. The van der Waals surface area contributed by atoms with Crippen LogP contribution in [-0.2, 0) is 26.7 Å². The number of rotatable bonds is 5. The van der Waals surface area contributed by atoms with Crippen molar-refractivity contribution in [3.05, 3.63) is 52.8 Å². The zero-order valence-electron chi connectivity index (χ0n) is 17.9. The van der Waals surface area contributed by atoms with E-state index in [4.69, 9.17) is 9.47 Å². The number of benzene rings is 1. The molecule has 2 rings (SSSR count). The average Bonchev–Trinajstić information content (AvgIpc) is 2.99. The standard InChI is InChI=1S/C22H27N3O4/c1-14-12-19(25(6)24-14)20(28-15(2)29-21(26)27-7)18(13-23)16-8-10-17(11-9-16)22(3,4)5/h8-12,15H,1-7H3/b20-18-. The highest BCUT2D eigenvalue weighted by molar-refractivity contribution is 5.94. The molecule has 1 aromatic heterocycles. The first kappa shape index (κ1) is 22.0. The molecule has 154 valence electrons. The number of allylic oxidation sites excluding steroid dienone is 1. The topological polar surface area (TPSA) is 86.4 Å². The van der Waals surface area contributed by atoms with Gasteiger partial charge in [-0.05, 0) is 29.5 Å². The van der Waals surface area contributed by atoms with Crippen LogP contribution < -0.4 is 0 Å². The molecule has 7 heteroatoms. The third-order valence-electron chi connectivity index (χ3n) is 4.33. The van der Waals surface area contributed by atoms with E-state index in [2.05, 4.69) is 36.7 Å². The fourth-order valence-corrected chi connectivity index (χ4v) is 2.83. The largest absolute Gasteiger partial charge is 0.511 e. The minimum atomic E-state index is -0.968. The molecule has 1 atom stereocenters. The molecule has 1 aromatic carbocycles. The molecule has 0 radical (unpaired) electrons. The van der Waals surface area contributed by atoms with Gasteiger partial charge < -0.3 is 14.2 Å². The van der Waals surface area contributed by atoms with E-state index in [1.54, 1.807) is 24.7 Å². The smallest absolute Gasteiger partial charge is 0.451 e. The van der Waals surface area contributed by atoms with Crippen LogP contribution in [0.4, 0.5) is 4.79 Å². The Morgan fingerprint density at radius 2 is 1.83 bits per heavy atom.